The van der Waals surface area contributed by atoms with Crippen molar-refractivity contribution in [3.05, 3.63) is 35.1 Å². The van der Waals surface area contributed by atoms with Crippen LogP contribution in [0.2, 0.25) is 0 Å². The average Bonchev–Trinajstić information content (AvgIpc) is 2.25. The lowest BCUT2D eigenvalue weighted by Crippen LogP contribution is -2.33. The van der Waals surface area contributed by atoms with E-state index in [1.807, 2.05) is 0 Å². The highest BCUT2D eigenvalue weighted by Crippen LogP contribution is 2.33. The molecule has 0 aliphatic heterocycles. The summed E-state index contributed by atoms with van der Waals surface area (Å²) in [6.07, 6.45) is 0. The molecule has 0 saturated heterocycles. The number of hydrogen-bond acceptors (Lipinski definition) is 2. The van der Waals surface area contributed by atoms with Gasteiger partial charge in [0.25, 0.3) is 0 Å². The third kappa shape index (κ3) is 2.20. The molecule has 1 aromatic carbocycles. The van der Waals surface area contributed by atoms with E-state index >= 15 is 0 Å². The first-order valence-corrected chi connectivity index (χ1v) is 4.81. The second-order valence-corrected chi connectivity index (χ2v) is 4.39. The first kappa shape index (κ1) is 13.0. The summed E-state index contributed by atoms with van der Waals surface area (Å²) in [7, 11) is 0. The van der Waals surface area contributed by atoms with E-state index in [-0.39, 0.29) is 12.2 Å². The number of aliphatic hydroxyl groups is 1. The Morgan fingerprint density at radius 1 is 1.25 bits per heavy atom. The maximum Gasteiger partial charge on any atom is 0.194 e. The van der Waals surface area contributed by atoms with Crippen molar-refractivity contribution < 1.29 is 18.3 Å². The molecule has 0 aromatic heterocycles. The van der Waals surface area contributed by atoms with E-state index < -0.39 is 28.9 Å². The van der Waals surface area contributed by atoms with Gasteiger partial charge in [-0.3, -0.25) is 0 Å². The van der Waals surface area contributed by atoms with Crippen LogP contribution >= 0.6 is 0 Å². The summed E-state index contributed by atoms with van der Waals surface area (Å²) in [5.74, 6) is -4.09. The van der Waals surface area contributed by atoms with Crippen LogP contribution in [0.5, 0.6) is 0 Å². The quantitative estimate of drug-likeness (QED) is 0.785. The molecule has 0 bridgehead atoms. The fourth-order valence-electron chi connectivity index (χ4n) is 1.30. The first-order valence-electron chi connectivity index (χ1n) is 4.81. The monoisotopic (exact) mass is 233 g/mol. The lowest BCUT2D eigenvalue weighted by atomic mass is 9.81. The molecule has 0 spiro atoms. The van der Waals surface area contributed by atoms with Crippen LogP contribution in [0, 0.1) is 22.9 Å². The van der Waals surface area contributed by atoms with Gasteiger partial charge >= 0.3 is 0 Å². The third-order valence-electron chi connectivity index (χ3n) is 2.65. The summed E-state index contributed by atoms with van der Waals surface area (Å²) in [6, 6.07) is 1.00. The van der Waals surface area contributed by atoms with Crippen molar-refractivity contribution in [2.45, 2.75) is 19.9 Å². The number of aliphatic hydroxyl groups excluding tert-OH is 1. The highest BCUT2D eigenvalue weighted by Gasteiger charge is 2.30. The van der Waals surface area contributed by atoms with Crippen LogP contribution in [0.3, 0.4) is 0 Å². The Bertz CT molecular complexity index is 393. The predicted octanol–water partition coefficient (Wildman–Crippen LogP) is 2.12. The second-order valence-electron chi connectivity index (χ2n) is 4.39. The van der Waals surface area contributed by atoms with E-state index in [1.165, 1.54) is 0 Å². The Hall–Kier alpha value is -1.07. The maximum absolute atomic E-state index is 13.4. The Morgan fingerprint density at radius 2 is 1.81 bits per heavy atom. The summed E-state index contributed by atoms with van der Waals surface area (Å²) in [4.78, 5) is 0. The molecule has 1 atom stereocenters. The van der Waals surface area contributed by atoms with E-state index in [0.29, 0.717) is 0 Å². The number of halogens is 3. The summed E-state index contributed by atoms with van der Waals surface area (Å²) in [5.41, 5.74) is 4.76. The Balaban J connectivity index is 3.20. The molecule has 0 aliphatic carbocycles. The van der Waals surface area contributed by atoms with Crippen molar-refractivity contribution in [1.29, 1.82) is 0 Å². The fraction of sp³-hybridized carbons (Fsp3) is 0.455. The van der Waals surface area contributed by atoms with Gasteiger partial charge in [-0.2, -0.15) is 0 Å². The molecular weight excluding hydrogens is 219 g/mol. The van der Waals surface area contributed by atoms with Gasteiger partial charge in [-0.15, -0.1) is 0 Å². The molecule has 90 valence electrons. The topological polar surface area (TPSA) is 46.2 Å². The summed E-state index contributed by atoms with van der Waals surface area (Å²) < 4.78 is 39.1. The van der Waals surface area contributed by atoms with Gasteiger partial charge in [0.1, 0.15) is 0 Å². The normalized spacial score (nSPS) is 13.9. The molecule has 0 heterocycles. The molecule has 5 heteroatoms. The van der Waals surface area contributed by atoms with Gasteiger partial charge in [0.05, 0.1) is 0 Å². The molecule has 1 rings (SSSR count). The van der Waals surface area contributed by atoms with E-state index in [4.69, 9.17) is 10.8 Å². The highest BCUT2D eigenvalue weighted by molar-refractivity contribution is 5.24. The van der Waals surface area contributed by atoms with Crippen LogP contribution in [0.15, 0.2) is 12.1 Å². The number of rotatable bonds is 3. The van der Waals surface area contributed by atoms with Gasteiger partial charge in [0.15, 0.2) is 17.5 Å². The zero-order valence-electron chi connectivity index (χ0n) is 9.10. The lowest BCUT2D eigenvalue weighted by molar-refractivity contribution is 0.130. The number of nitrogens with two attached hydrogens (primary N) is 1. The minimum Gasteiger partial charge on any atom is -0.396 e. The zero-order valence-corrected chi connectivity index (χ0v) is 9.10. The molecule has 0 saturated carbocycles. The molecule has 0 amide bonds. The molecule has 2 nitrogen and oxygen atoms in total. The summed E-state index contributed by atoms with van der Waals surface area (Å²) in [5, 5.41) is 9.07. The first-order chi connectivity index (χ1) is 7.31. The standard InChI is InChI=1S/C11H14F3NO/c1-11(2,5-16)10(15)6-3-4-7(12)9(14)8(6)13/h3-4,10,16H,5,15H2,1-2H3/t10-/m1/s1. The van der Waals surface area contributed by atoms with Crippen molar-refractivity contribution in [2.75, 3.05) is 6.61 Å². The van der Waals surface area contributed by atoms with Gasteiger partial charge in [-0.1, -0.05) is 19.9 Å². The van der Waals surface area contributed by atoms with Gasteiger partial charge in [0.2, 0.25) is 0 Å². The van der Waals surface area contributed by atoms with Crippen molar-refractivity contribution >= 4 is 0 Å². The number of hydrogen-bond donors (Lipinski definition) is 2. The van der Waals surface area contributed by atoms with Crippen LogP contribution < -0.4 is 5.73 Å². The average molecular weight is 233 g/mol. The summed E-state index contributed by atoms with van der Waals surface area (Å²) in [6.45, 7) is 2.93. The van der Waals surface area contributed by atoms with Crippen molar-refractivity contribution in [2.24, 2.45) is 11.1 Å². The van der Waals surface area contributed by atoms with E-state index in [9.17, 15) is 13.2 Å². The van der Waals surface area contributed by atoms with Gasteiger partial charge in [-0.05, 0) is 6.07 Å². The highest BCUT2D eigenvalue weighted by atomic mass is 19.2. The molecule has 0 unspecified atom stereocenters. The van der Waals surface area contributed by atoms with Crippen LogP contribution in [0.25, 0.3) is 0 Å². The Kier molecular flexibility index (Phi) is 3.60. The van der Waals surface area contributed by atoms with Crippen LogP contribution in [0.4, 0.5) is 13.2 Å². The molecule has 0 aliphatic rings. The Labute approximate surface area is 91.9 Å². The van der Waals surface area contributed by atoms with Crippen LogP contribution in [0.1, 0.15) is 25.5 Å². The molecule has 1 aromatic rings. The van der Waals surface area contributed by atoms with Crippen molar-refractivity contribution in [1.82, 2.24) is 0 Å². The second kappa shape index (κ2) is 4.43. The molecule has 0 fully saturated rings. The summed E-state index contributed by atoms with van der Waals surface area (Å²) >= 11 is 0. The van der Waals surface area contributed by atoms with Crippen LogP contribution in [-0.2, 0) is 0 Å². The minimum atomic E-state index is -1.54. The van der Waals surface area contributed by atoms with Crippen molar-refractivity contribution in [3.8, 4) is 0 Å². The maximum atomic E-state index is 13.4. The van der Waals surface area contributed by atoms with Gasteiger partial charge < -0.3 is 10.8 Å². The molecule has 16 heavy (non-hydrogen) atoms. The smallest absolute Gasteiger partial charge is 0.194 e. The van der Waals surface area contributed by atoms with E-state index in [2.05, 4.69) is 0 Å². The molecular formula is C11H14F3NO. The minimum absolute atomic E-state index is 0.141. The molecule has 3 N–H and O–H groups in total. The SMILES string of the molecule is CC(C)(CO)[C@H](N)c1ccc(F)c(F)c1F. The van der Waals surface area contributed by atoms with E-state index in [1.54, 1.807) is 13.8 Å². The van der Waals surface area contributed by atoms with Gasteiger partial charge in [-0.25, -0.2) is 13.2 Å². The lowest BCUT2D eigenvalue weighted by Gasteiger charge is -2.30. The zero-order chi connectivity index (χ0) is 12.5. The van der Waals surface area contributed by atoms with E-state index in [0.717, 1.165) is 12.1 Å². The third-order valence-corrected chi connectivity index (χ3v) is 2.65. The largest absolute Gasteiger partial charge is 0.396 e. The fourth-order valence-corrected chi connectivity index (χ4v) is 1.30. The van der Waals surface area contributed by atoms with Crippen molar-refractivity contribution in [3.63, 3.8) is 0 Å². The predicted molar refractivity (Wildman–Crippen MR) is 54.1 cm³/mol. The Morgan fingerprint density at radius 3 is 2.31 bits per heavy atom. The number of benzene rings is 1. The molecule has 0 radical (unpaired) electrons. The van der Waals surface area contributed by atoms with Gasteiger partial charge in [0, 0.05) is 23.6 Å². The van der Waals surface area contributed by atoms with Crippen LogP contribution in [-0.4, -0.2) is 11.7 Å².